The van der Waals surface area contributed by atoms with Crippen molar-refractivity contribution in [3.05, 3.63) is 24.3 Å². The number of benzene rings is 1. The van der Waals surface area contributed by atoms with Gasteiger partial charge < -0.3 is 20.9 Å². The van der Waals surface area contributed by atoms with Crippen molar-refractivity contribution in [1.82, 2.24) is 5.32 Å². The summed E-state index contributed by atoms with van der Waals surface area (Å²) < 4.78 is 5.36. The lowest BCUT2D eigenvalue weighted by Gasteiger charge is -2.34. The van der Waals surface area contributed by atoms with E-state index in [9.17, 15) is 9.90 Å². The highest BCUT2D eigenvalue weighted by Crippen LogP contribution is 2.31. The van der Waals surface area contributed by atoms with Crippen molar-refractivity contribution < 1.29 is 14.6 Å². The summed E-state index contributed by atoms with van der Waals surface area (Å²) >= 11 is 0. The SMILES string of the molecule is CC1CCC(O)(CNC(=O)COc2ccc(N)cc2)CC1. The minimum absolute atomic E-state index is 0.0591. The first-order valence-corrected chi connectivity index (χ1v) is 7.44. The molecule has 0 unspecified atom stereocenters. The smallest absolute Gasteiger partial charge is 0.258 e. The molecular weight excluding hydrogens is 268 g/mol. The standard InChI is InChI=1S/C16H24N2O3/c1-12-6-8-16(20,9-7-12)11-18-15(19)10-21-14-4-2-13(17)3-5-14/h2-5,12,20H,6-11,17H2,1H3,(H,18,19). The third-order valence-electron chi connectivity index (χ3n) is 4.07. The van der Waals surface area contributed by atoms with Crippen LogP contribution in [-0.2, 0) is 4.79 Å². The maximum atomic E-state index is 11.8. The van der Waals surface area contributed by atoms with Crippen LogP contribution in [0.25, 0.3) is 0 Å². The number of hydrogen-bond acceptors (Lipinski definition) is 4. The third kappa shape index (κ3) is 4.93. The van der Waals surface area contributed by atoms with E-state index < -0.39 is 5.60 Å². The highest BCUT2D eigenvalue weighted by Gasteiger charge is 2.31. The highest BCUT2D eigenvalue weighted by atomic mass is 16.5. The van der Waals surface area contributed by atoms with Crippen LogP contribution in [0.15, 0.2) is 24.3 Å². The molecule has 0 bridgehead atoms. The van der Waals surface area contributed by atoms with Crippen LogP contribution in [0.5, 0.6) is 5.75 Å². The molecular formula is C16H24N2O3. The average Bonchev–Trinajstić information content (AvgIpc) is 2.48. The van der Waals surface area contributed by atoms with Crippen molar-refractivity contribution in [2.45, 2.75) is 38.2 Å². The van der Waals surface area contributed by atoms with Gasteiger partial charge in [-0.05, 0) is 55.9 Å². The molecule has 1 amide bonds. The largest absolute Gasteiger partial charge is 0.484 e. The molecule has 5 heteroatoms. The van der Waals surface area contributed by atoms with Crippen molar-refractivity contribution in [2.24, 2.45) is 5.92 Å². The van der Waals surface area contributed by atoms with Crippen molar-refractivity contribution in [2.75, 3.05) is 18.9 Å². The van der Waals surface area contributed by atoms with Crippen LogP contribution in [0, 0.1) is 5.92 Å². The molecule has 1 aliphatic carbocycles. The van der Waals surface area contributed by atoms with E-state index in [1.807, 2.05) is 0 Å². The van der Waals surface area contributed by atoms with Gasteiger partial charge in [-0.2, -0.15) is 0 Å². The first kappa shape index (κ1) is 15.6. The van der Waals surface area contributed by atoms with Crippen LogP contribution in [0.3, 0.4) is 0 Å². The van der Waals surface area contributed by atoms with Crippen LogP contribution in [0.4, 0.5) is 5.69 Å². The molecule has 0 spiro atoms. The number of hydrogen-bond donors (Lipinski definition) is 3. The number of carbonyl (C=O) groups is 1. The minimum Gasteiger partial charge on any atom is -0.484 e. The predicted octanol–water partition coefficient (Wildman–Crippen LogP) is 1.70. The van der Waals surface area contributed by atoms with Crippen LogP contribution >= 0.6 is 0 Å². The van der Waals surface area contributed by atoms with Gasteiger partial charge in [0.05, 0.1) is 5.60 Å². The maximum absolute atomic E-state index is 11.8. The number of amides is 1. The van der Waals surface area contributed by atoms with E-state index in [2.05, 4.69) is 12.2 Å². The van der Waals surface area contributed by atoms with E-state index in [-0.39, 0.29) is 12.5 Å². The quantitative estimate of drug-likeness (QED) is 0.721. The molecule has 0 heterocycles. The summed E-state index contributed by atoms with van der Waals surface area (Å²) in [6.45, 7) is 2.43. The normalized spacial score (nSPS) is 25.3. The number of nitrogens with one attached hydrogen (secondary N) is 1. The number of rotatable bonds is 5. The van der Waals surface area contributed by atoms with Crippen LogP contribution in [0.1, 0.15) is 32.6 Å². The maximum Gasteiger partial charge on any atom is 0.258 e. The Morgan fingerprint density at radius 3 is 2.62 bits per heavy atom. The Morgan fingerprint density at radius 1 is 1.38 bits per heavy atom. The number of carbonyl (C=O) groups excluding carboxylic acids is 1. The molecule has 0 radical (unpaired) electrons. The fourth-order valence-corrected chi connectivity index (χ4v) is 2.50. The molecule has 0 atom stereocenters. The molecule has 0 saturated heterocycles. The Morgan fingerprint density at radius 2 is 2.00 bits per heavy atom. The lowest BCUT2D eigenvalue weighted by atomic mass is 9.79. The Balaban J connectivity index is 1.71. The Kier molecular flexibility index (Phi) is 5.07. The Labute approximate surface area is 125 Å². The van der Waals surface area contributed by atoms with Gasteiger partial charge in [0, 0.05) is 12.2 Å². The van der Waals surface area contributed by atoms with Gasteiger partial charge in [-0.3, -0.25) is 4.79 Å². The second-order valence-corrected chi connectivity index (χ2v) is 6.04. The van der Waals surface area contributed by atoms with Crippen molar-refractivity contribution >= 4 is 11.6 Å². The molecule has 1 aliphatic rings. The summed E-state index contributed by atoms with van der Waals surface area (Å²) in [7, 11) is 0. The van der Waals surface area contributed by atoms with Gasteiger partial charge in [-0.1, -0.05) is 6.92 Å². The van der Waals surface area contributed by atoms with Crippen molar-refractivity contribution in [3.63, 3.8) is 0 Å². The molecule has 5 nitrogen and oxygen atoms in total. The Hall–Kier alpha value is -1.75. The first-order valence-electron chi connectivity index (χ1n) is 7.44. The van der Waals surface area contributed by atoms with Crippen LogP contribution in [0.2, 0.25) is 0 Å². The molecule has 1 aromatic carbocycles. The van der Waals surface area contributed by atoms with E-state index in [1.54, 1.807) is 24.3 Å². The van der Waals surface area contributed by atoms with Gasteiger partial charge >= 0.3 is 0 Å². The molecule has 0 aromatic heterocycles. The summed E-state index contributed by atoms with van der Waals surface area (Å²) in [5.74, 6) is 1.04. The lowest BCUT2D eigenvalue weighted by molar-refractivity contribution is -0.124. The van der Waals surface area contributed by atoms with Gasteiger partial charge in [-0.25, -0.2) is 0 Å². The van der Waals surface area contributed by atoms with Gasteiger partial charge in [-0.15, -0.1) is 0 Å². The molecule has 1 saturated carbocycles. The van der Waals surface area contributed by atoms with E-state index in [4.69, 9.17) is 10.5 Å². The van der Waals surface area contributed by atoms with E-state index in [0.717, 1.165) is 25.7 Å². The second kappa shape index (κ2) is 6.80. The van der Waals surface area contributed by atoms with Crippen LogP contribution < -0.4 is 15.8 Å². The zero-order valence-corrected chi connectivity index (χ0v) is 12.5. The highest BCUT2D eigenvalue weighted by molar-refractivity contribution is 5.77. The van der Waals surface area contributed by atoms with Gasteiger partial charge in [0.1, 0.15) is 5.75 Å². The summed E-state index contributed by atoms with van der Waals surface area (Å²) in [6, 6.07) is 6.88. The molecule has 0 aliphatic heterocycles. The predicted molar refractivity (Wildman–Crippen MR) is 81.9 cm³/mol. The van der Waals surface area contributed by atoms with Crippen molar-refractivity contribution in [3.8, 4) is 5.75 Å². The monoisotopic (exact) mass is 292 g/mol. The molecule has 1 aromatic rings. The second-order valence-electron chi connectivity index (χ2n) is 6.04. The van der Waals surface area contributed by atoms with E-state index in [0.29, 0.717) is 23.9 Å². The minimum atomic E-state index is -0.761. The fraction of sp³-hybridized carbons (Fsp3) is 0.562. The zero-order chi connectivity index (χ0) is 15.3. The third-order valence-corrected chi connectivity index (χ3v) is 4.07. The number of aliphatic hydroxyl groups is 1. The molecule has 116 valence electrons. The molecule has 2 rings (SSSR count). The van der Waals surface area contributed by atoms with Crippen LogP contribution in [-0.4, -0.2) is 29.8 Å². The van der Waals surface area contributed by atoms with E-state index >= 15 is 0 Å². The lowest BCUT2D eigenvalue weighted by Crippen LogP contribution is -2.46. The molecule has 4 N–H and O–H groups in total. The summed E-state index contributed by atoms with van der Waals surface area (Å²) in [5.41, 5.74) is 5.47. The number of nitrogens with two attached hydrogens (primary N) is 1. The number of nitrogen functional groups attached to an aromatic ring is 1. The van der Waals surface area contributed by atoms with Gasteiger partial charge in [0.2, 0.25) is 0 Å². The summed E-state index contributed by atoms with van der Waals surface area (Å²) in [6.07, 6.45) is 3.50. The first-order chi connectivity index (χ1) is 9.97. The number of ether oxygens (including phenoxy) is 1. The molecule has 1 fully saturated rings. The summed E-state index contributed by atoms with van der Waals surface area (Å²) in [4.78, 5) is 11.8. The van der Waals surface area contributed by atoms with Gasteiger partial charge in [0.25, 0.3) is 5.91 Å². The Bertz CT molecular complexity index is 465. The van der Waals surface area contributed by atoms with Crippen molar-refractivity contribution in [1.29, 1.82) is 0 Å². The topological polar surface area (TPSA) is 84.6 Å². The zero-order valence-electron chi connectivity index (χ0n) is 12.5. The average molecular weight is 292 g/mol. The summed E-state index contributed by atoms with van der Waals surface area (Å²) in [5, 5.41) is 13.1. The van der Waals surface area contributed by atoms with Gasteiger partial charge in [0.15, 0.2) is 6.61 Å². The fourth-order valence-electron chi connectivity index (χ4n) is 2.50. The number of anilines is 1. The van der Waals surface area contributed by atoms with E-state index in [1.165, 1.54) is 0 Å². The molecule has 21 heavy (non-hydrogen) atoms.